The van der Waals surface area contributed by atoms with Crippen LogP contribution in [0.25, 0.3) is 0 Å². The van der Waals surface area contributed by atoms with Gasteiger partial charge in [-0.3, -0.25) is 4.79 Å². The van der Waals surface area contributed by atoms with Crippen LogP contribution in [0, 0.1) is 17.8 Å². The first kappa shape index (κ1) is 11.9. The number of rotatable bonds is 4. The zero-order chi connectivity index (χ0) is 11.7. The smallest absolute Gasteiger partial charge is 0.225 e. The number of amides is 1. The van der Waals surface area contributed by atoms with Crippen LogP contribution in [0.1, 0.15) is 32.6 Å². The van der Waals surface area contributed by atoms with Gasteiger partial charge in [-0.15, -0.1) is 0 Å². The SMILES string of the molecule is CC[C@H](CO)NC(=O)C1C2CCC(C2)C1N. The Bertz CT molecular complexity index is 264. The minimum atomic E-state index is -0.112. The van der Waals surface area contributed by atoms with Crippen LogP contribution in [0.2, 0.25) is 0 Å². The van der Waals surface area contributed by atoms with E-state index in [1.54, 1.807) is 0 Å². The number of carbonyl (C=O) groups excluding carboxylic acids is 1. The molecular formula is C12H22N2O2. The van der Waals surface area contributed by atoms with Crippen LogP contribution >= 0.6 is 0 Å². The van der Waals surface area contributed by atoms with Crippen molar-refractivity contribution < 1.29 is 9.90 Å². The van der Waals surface area contributed by atoms with Crippen LogP contribution in [0.3, 0.4) is 0 Å². The first-order chi connectivity index (χ1) is 7.67. The fourth-order valence-corrected chi connectivity index (χ4v) is 3.30. The molecule has 2 aliphatic rings. The Morgan fingerprint density at radius 2 is 2.19 bits per heavy atom. The highest BCUT2D eigenvalue weighted by Gasteiger charge is 2.49. The predicted octanol–water partition coefficient (Wildman–Crippen LogP) is 0.247. The molecule has 0 aromatic carbocycles. The van der Waals surface area contributed by atoms with Gasteiger partial charge in [-0.25, -0.2) is 0 Å². The van der Waals surface area contributed by atoms with E-state index in [0.717, 1.165) is 19.3 Å². The van der Waals surface area contributed by atoms with Gasteiger partial charge in [0.2, 0.25) is 5.91 Å². The van der Waals surface area contributed by atoms with Gasteiger partial charge in [0.15, 0.2) is 0 Å². The lowest BCUT2D eigenvalue weighted by molar-refractivity contribution is -0.128. The lowest BCUT2D eigenvalue weighted by Crippen LogP contribution is -2.48. The maximum absolute atomic E-state index is 12.1. The maximum Gasteiger partial charge on any atom is 0.225 e. The second kappa shape index (κ2) is 4.72. The van der Waals surface area contributed by atoms with Crippen molar-refractivity contribution in [3.63, 3.8) is 0 Å². The zero-order valence-electron chi connectivity index (χ0n) is 9.86. The van der Waals surface area contributed by atoms with Crippen LogP contribution in [0.15, 0.2) is 0 Å². The number of carbonyl (C=O) groups is 1. The van der Waals surface area contributed by atoms with E-state index in [1.165, 1.54) is 6.42 Å². The summed E-state index contributed by atoms with van der Waals surface area (Å²) in [5.74, 6) is 1.08. The molecule has 0 aliphatic heterocycles. The number of nitrogens with two attached hydrogens (primary N) is 1. The van der Waals surface area contributed by atoms with E-state index in [-0.39, 0.29) is 30.5 Å². The van der Waals surface area contributed by atoms with E-state index in [1.807, 2.05) is 6.92 Å². The molecule has 2 bridgehead atoms. The largest absolute Gasteiger partial charge is 0.394 e. The minimum absolute atomic E-state index is 0.0122. The van der Waals surface area contributed by atoms with Gasteiger partial charge in [-0.1, -0.05) is 6.92 Å². The third kappa shape index (κ3) is 1.96. The average molecular weight is 226 g/mol. The Hall–Kier alpha value is -0.610. The summed E-state index contributed by atoms with van der Waals surface area (Å²) < 4.78 is 0. The highest BCUT2D eigenvalue weighted by Crippen LogP contribution is 2.47. The molecule has 2 rings (SSSR count). The fraction of sp³-hybridized carbons (Fsp3) is 0.917. The molecule has 16 heavy (non-hydrogen) atoms. The van der Waals surface area contributed by atoms with Crippen LogP contribution in [-0.2, 0) is 4.79 Å². The number of aliphatic hydroxyl groups is 1. The van der Waals surface area contributed by atoms with E-state index < -0.39 is 0 Å². The monoisotopic (exact) mass is 226 g/mol. The normalized spacial score (nSPS) is 38.7. The van der Waals surface area contributed by atoms with Crippen LogP contribution in [-0.4, -0.2) is 29.7 Å². The molecule has 2 aliphatic carbocycles. The number of aliphatic hydroxyl groups excluding tert-OH is 1. The highest BCUT2D eigenvalue weighted by atomic mass is 16.3. The van der Waals surface area contributed by atoms with E-state index in [9.17, 15) is 4.79 Å². The van der Waals surface area contributed by atoms with Gasteiger partial charge in [0.1, 0.15) is 0 Å². The Balaban J connectivity index is 1.95. The summed E-state index contributed by atoms with van der Waals surface area (Å²) in [6.45, 7) is 1.97. The molecule has 2 saturated carbocycles. The number of nitrogens with one attached hydrogen (secondary N) is 1. The molecule has 92 valence electrons. The topological polar surface area (TPSA) is 75.3 Å². The number of hydrogen-bond acceptors (Lipinski definition) is 3. The molecule has 0 saturated heterocycles. The number of fused-ring (bicyclic) bond motifs is 2. The van der Waals surface area contributed by atoms with Crippen LogP contribution in [0.5, 0.6) is 0 Å². The van der Waals surface area contributed by atoms with Gasteiger partial charge >= 0.3 is 0 Å². The second-order valence-corrected chi connectivity index (χ2v) is 5.23. The van der Waals surface area contributed by atoms with Crippen LogP contribution < -0.4 is 11.1 Å². The Labute approximate surface area is 96.6 Å². The molecule has 4 N–H and O–H groups in total. The standard InChI is InChI=1S/C12H22N2O2/c1-2-9(6-15)14-12(16)10-7-3-4-8(5-7)11(10)13/h7-11,15H,2-6,13H2,1H3,(H,14,16)/t7?,8?,9-,10?,11?/m1/s1. The summed E-state index contributed by atoms with van der Waals surface area (Å²) in [5.41, 5.74) is 6.10. The first-order valence-corrected chi connectivity index (χ1v) is 6.34. The molecule has 5 atom stereocenters. The van der Waals surface area contributed by atoms with Gasteiger partial charge in [0.05, 0.1) is 18.6 Å². The van der Waals surface area contributed by atoms with Crippen LogP contribution in [0.4, 0.5) is 0 Å². The van der Waals surface area contributed by atoms with Gasteiger partial charge < -0.3 is 16.2 Å². The van der Waals surface area contributed by atoms with Gasteiger partial charge in [0, 0.05) is 6.04 Å². The lowest BCUT2D eigenvalue weighted by Gasteiger charge is -2.28. The maximum atomic E-state index is 12.1. The van der Waals surface area contributed by atoms with Gasteiger partial charge in [-0.2, -0.15) is 0 Å². The fourth-order valence-electron chi connectivity index (χ4n) is 3.30. The summed E-state index contributed by atoms with van der Waals surface area (Å²) in [6, 6.07) is -0.0752. The van der Waals surface area contributed by atoms with E-state index in [2.05, 4.69) is 5.32 Å². The third-order valence-corrected chi connectivity index (χ3v) is 4.34. The lowest BCUT2D eigenvalue weighted by atomic mass is 9.84. The van der Waals surface area contributed by atoms with E-state index in [4.69, 9.17) is 10.8 Å². The Morgan fingerprint density at radius 1 is 1.50 bits per heavy atom. The number of hydrogen-bond donors (Lipinski definition) is 3. The quantitative estimate of drug-likeness (QED) is 0.643. The van der Waals surface area contributed by atoms with Crippen molar-refractivity contribution in [3.8, 4) is 0 Å². The van der Waals surface area contributed by atoms with Crippen molar-refractivity contribution in [2.45, 2.75) is 44.7 Å². The summed E-state index contributed by atoms with van der Waals surface area (Å²) >= 11 is 0. The molecule has 0 heterocycles. The van der Waals surface area contributed by atoms with Gasteiger partial charge in [-0.05, 0) is 37.5 Å². The molecule has 4 nitrogen and oxygen atoms in total. The minimum Gasteiger partial charge on any atom is -0.394 e. The van der Waals surface area contributed by atoms with Crippen molar-refractivity contribution in [1.82, 2.24) is 5.32 Å². The average Bonchev–Trinajstić information content (AvgIpc) is 2.85. The molecule has 4 heteroatoms. The van der Waals surface area contributed by atoms with Crippen molar-refractivity contribution in [2.24, 2.45) is 23.5 Å². The van der Waals surface area contributed by atoms with Crippen molar-refractivity contribution in [2.75, 3.05) is 6.61 Å². The van der Waals surface area contributed by atoms with E-state index in [0.29, 0.717) is 11.8 Å². The molecule has 0 radical (unpaired) electrons. The molecule has 0 aromatic rings. The molecule has 4 unspecified atom stereocenters. The summed E-state index contributed by atoms with van der Waals surface area (Å²) in [7, 11) is 0. The molecule has 0 spiro atoms. The molecule has 1 amide bonds. The van der Waals surface area contributed by atoms with Gasteiger partial charge in [0.25, 0.3) is 0 Å². The summed E-state index contributed by atoms with van der Waals surface area (Å²) in [4.78, 5) is 12.1. The van der Waals surface area contributed by atoms with Crippen molar-refractivity contribution >= 4 is 5.91 Å². The molecule has 0 aromatic heterocycles. The Morgan fingerprint density at radius 3 is 2.69 bits per heavy atom. The molecular weight excluding hydrogens is 204 g/mol. The zero-order valence-corrected chi connectivity index (χ0v) is 9.86. The van der Waals surface area contributed by atoms with Crippen molar-refractivity contribution in [3.05, 3.63) is 0 Å². The summed E-state index contributed by atoms with van der Waals surface area (Å²) in [5, 5.41) is 12.0. The Kier molecular flexibility index (Phi) is 3.50. The predicted molar refractivity (Wildman–Crippen MR) is 61.6 cm³/mol. The van der Waals surface area contributed by atoms with Crippen molar-refractivity contribution in [1.29, 1.82) is 0 Å². The highest BCUT2D eigenvalue weighted by molar-refractivity contribution is 5.80. The van der Waals surface area contributed by atoms with E-state index >= 15 is 0 Å². The second-order valence-electron chi connectivity index (χ2n) is 5.23. The summed E-state index contributed by atoms with van der Waals surface area (Å²) in [6.07, 6.45) is 4.21. The molecule has 2 fully saturated rings. The third-order valence-electron chi connectivity index (χ3n) is 4.34. The first-order valence-electron chi connectivity index (χ1n) is 6.34.